The zero-order valence-corrected chi connectivity index (χ0v) is 15.8. The van der Waals surface area contributed by atoms with E-state index in [9.17, 15) is 4.79 Å². The van der Waals surface area contributed by atoms with Crippen molar-refractivity contribution in [2.75, 3.05) is 19.7 Å². The van der Waals surface area contributed by atoms with Crippen LogP contribution in [0.25, 0.3) is 0 Å². The largest absolute Gasteiger partial charge is 0.484 e. The van der Waals surface area contributed by atoms with Crippen molar-refractivity contribution in [3.8, 4) is 5.75 Å². The smallest absolute Gasteiger partial charge is 0.258 e. The summed E-state index contributed by atoms with van der Waals surface area (Å²) >= 11 is 0. The highest BCUT2D eigenvalue weighted by atomic mass is 16.5. The molecule has 1 aliphatic heterocycles. The SMILES string of the molecule is Cc1ccc(OCC(=O)NCc2ccccc2C[NH+]2CCCC2)cc1C. The van der Waals surface area contributed by atoms with Crippen molar-refractivity contribution in [3.63, 3.8) is 0 Å². The van der Waals surface area contributed by atoms with Crippen LogP contribution in [0, 0.1) is 13.8 Å². The zero-order chi connectivity index (χ0) is 18.4. The first-order valence-corrected chi connectivity index (χ1v) is 9.49. The Hall–Kier alpha value is -2.33. The lowest BCUT2D eigenvalue weighted by Gasteiger charge is -2.15. The van der Waals surface area contributed by atoms with Gasteiger partial charge in [-0.2, -0.15) is 0 Å². The molecule has 2 aromatic carbocycles. The Balaban J connectivity index is 1.50. The monoisotopic (exact) mass is 353 g/mol. The summed E-state index contributed by atoms with van der Waals surface area (Å²) in [5, 5.41) is 2.99. The Morgan fingerprint density at radius 2 is 1.77 bits per heavy atom. The van der Waals surface area contributed by atoms with E-state index in [1.807, 2.05) is 31.2 Å². The van der Waals surface area contributed by atoms with Crippen LogP contribution in [0.5, 0.6) is 5.75 Å². The summed E-state index contributed by atoms with van der Waals surface area (Å²) in [4.78, 5) is 13.8. The maximum Gasteiger partial charge on any atom is 0.258 e. The number of hydrogen-bond acceptors (Lipinski definition) is 2. The number of ether oxygens (including phenoxy) is 1. The van der Waals surface area contributed by atoms with Crippen LogP contribution in [0.1, 0.15) is 35.1 Å². The van der Waals surface area contributed by atoms with Crippen molar-refractivity contribution in [2.24, 2.45) is 0 Å². The van der Waals surface area contributed by atoms with Gasteiger partial charge >= 0.3 is 0 Å². The van der Waals surface area contributed by atoms with Crippen LogP contribution in [0.4, 0.5) is 0 Å². The molecule has 1 aliphatic rings. The summed E-state index contributed by atoms with van der Waals surface area (Å²) in [6.07, 6.45) is 2.65. The number of carbonyl (C=O) groups is 1. The van der Waals surface area contributed by atoms with E-state index in [0.29, 0.717) is 6.54 Å². The highest BCUT2D eigenvalue weighted by Crippen LogP contribution is 2.16. The summed E-state index contributed by atoms with van der Waals surface area (Å²) in [7, 11) is 0. The number of aryl methyl sites for hydroxylation is 2. The second kappa shape index (κ2) is 8.86. The average molecular weight is 353 g/mol. The molecule has 26 heavy (non-hydrogen) atoms. The molecule has 0 radical (unpaired) electrons. The maximum absolute atomic E-state index is 12.2. The third kappa shape index (κ3) is 5.09. The van der Waals surface area contributed by atoms with Gasteiger partial charge in [0.05, 0.1) is 13.1 Å². The lowest BCUT2D eigenvalue weighted by molar-refractivity contribution is -0.901. The molecule has 0 unspecified atom stereocenters. The van der Waals surface area contributed by atoms with Gasteiger partial charge in [0.15, 0.2) is 6.61 Å². The van der Waals surface area contributed by atoms with E-state index in [1.165, 1.54) is 48.2 Å². The van der Waals surface area contributed by atoms with E-state index in [1.54, 1.807) is 4.90 Å². The van der Waals surface area contributed by atoms with Gasteiger partial charge < -0.3 is 15.0 Å². The molecular formula is C22H29N2O2+. The van der Waals surface area contributed by atoms with Crippen LogP contribution in [0.2, 0.25) is 0 Å². The lowest BCUT2D eigenvalue weighted by atomic mass is 10.1. The molecule has 2 N–H and O–H groups in total. The van der Waals surface area contributed by atoms with Crippen LogP contribution in [-0.4, -0.2) is 25.6 Å². The van der Waals surface area contributed by atoms with Gasteiger partial charge in [0.25, 0.3) is 5.91 Å². The Bertz CT molecular complexity index is 752. The Morgan fingerprint density at radius 1 is 1.04 bits per heavy atom. The number of rotatable bonds is 7. The second-order valence-corrected chi connectivity index (χ2v) is 7.21. The van der Waals surface area contributed by atoms with Crippen LogP contribution in [0.3, 0.4) is 0 Å². The summed E-state index contributed by atoms with van der Waals surface area (Å²) in [6, 6.07) is 14.3. The number of amides is 1. The first-order chi connectivity index (χ1) is 12.6. The Labute approximate surface area is 156 Å². The second-order valence-electron chi connectivity index (χ2n) is 7.21. The first kappa shape index (κ1) is 18.5. The minimum Gasteiger partial charge on any atom is -0.484 e. The molecule has 1 amide bonds. The van der Waals surface area contributed by atoms with Crippen molar-refractivity contribution in [1.29, 1.82) is 0 Å². The van der Waals surface area contributed by atoms with Gasteiger partial charge in [0, 0.05) is 24.9 Å². The van der Waals surface area contributed by atoms with E-state index in [4.69, 9.17) is 4.74 Å². The van der Waals surface area contributed by atoms with Gasteiger partial charge in [-0.15, -0.1) is 0 Å². The van der Waals surface area contributed by atoms with Crippen LogP contribution in [0.15, 0.2) is 42.5 Å². The molecular weight excluding hydrogens is 324 g/mol. The topological polar surface area (TPSA) is 42.8 Å². The molecule has 0 saturated carbocycles. The van der Waals surface area contributed by atoms with Crippen molar-refractivity contribution < 1.29 is 14.4 Å². The third-order valence-corrected chi connectivity index (χ3v) is 5.19. The molecule has 1 fully saturated rings. The summed E-state index contributed by atoms with van der Waals surface area (Å²) in [6.45, 7) is 8.26. The number of carbonyl (C=O) groups excluding carboxylic acids is 1. The summed E-state index contributed by atoms with van der Waals surface area (Å²) in [5.41, 5.74) is 4.92. The standard InChI is InChI=1S/C22H28N2O2/c1-17-9-10-21(13-18(17)2)26-16-22(25)23-14-19-7-3-4-8-20(19)15-24-11-5-6-12-24/h3-4,7-10,13H,5-6,11-12,14-16H2,1-2H3,(H,23,25)/p+1. The highest BCUT2D eigenvalue weighted by Gasteiger charge is 2.17. The molecule has 3 rings (SSSR count). The first-order valence-electron chi connectivity index (χ1n) is 9.49. The number of quaternary nitrogens is 1. The minimum absolute atomic E-state index is 0.0437. The normalized spacial score (nSPS) is 14.4. The average Bonchev–Trinajstić information content (AvgIpc) is 3.15. The number of likely N-dealkylation sites (tertiary alicyclic amines) is 1. The summed E-state index contributed by atoms with van der Waals surface area (Å²) < 4.78 is 5.61. The maximum atomic E-state index is 12.2. The fraction of sp³-hybridized carbons (Fsp3) is 0.409. The molecule has 4 nitrogen and oxygen atoms in total. The fourth-order valence-electron chi connectivity index (χ4n) is 3.42. The molecule has 1 heterocycles. The van der Waals surface area contributed by atoms with E-state index >= 15 is 0 Å². The molecule has 0 atom stereocenters. The van der Waals surface area contributed by atoms with Crippen molar-refractivity contribution in [3.05, 3.63) is 64.7 Å². The zero-order valence-electron chi connectivity index (χ0n) is 15.8. The summed E-state index contributed by atoms with van der Waals surface area (Å²) in [5.74, 6) is 0.646. The Kier molecular flexibility index (Phi) is 6.29. The van der Waals surface area contributed by atoms with Gasteiger partial charge in [-0.3, -0.25) is 4.79 Å². The molecule has 4 heteroatoms. The van der Waals surface area contributed by atoms with Gasteiger partial charge in [-0.25, -0.2) is 0 Å². The lowest BCUT2D eigenvalue weighted by Crippen LogP contribution is -3.08. The van der Waals surface area contributed by atoms with Crippen molar-refractivity contribution >= 4 is 5.91 Å². The van der Waals surface area contributed by atoms with Gasteiger partial charge in [-0.1, -0.05) is 30.3 Å². The molecule has 0 aliphatic carbocycles. The van der Waals surface area contributed by atoms with Gasteiger partial charge in [0.1, 0.15) is 12.3 Å². The van der Waals surface area contributed by atoms with E-state index in [2.05, 4.69) is 30.4 Å². The molecule has 138 valence electrons. The predicted octanol–water partition coefficient (Wildman–Crippen LogP) is 2.18. The highest BCUT2D eigenvalue weighted by molar-refractivity contribution is 5.77. The molecule has 1 saturated heterocycles. The van der Waals surface area contributed by atoms with Gasteiger partial charge in [-0.05, 0) is 42.7 Å². The number of benzene rings is 2. The minimum atomic E-state index is -0.0912. The molecule has 0 bridgehead atoms. The quantitative estimate of drug-likeness (QED) is 0.801. The molecule has 0 aromatic heterocycles. The fourth-order valence-corrected chi connectivity index (χ4v) is 3.42. The van der Waals surface area contributed by atoms with Crippen LogP contribution >= 0.6 is 0 Å². The van der Waals surface area contributed by atoms with Crippen LogP contribution in [-0.2, 0) is 17.9 Å². The van der Waals surface area contributed by atoms with E-state index in [-0.39, 0.29) is 12.5 Å². The number of nitrogens with one attached hydrogen (secondary N) is 2. The van der Waals surface area contributed by atoms with Crippen LogP contribution < -0.4 is 15.0 Å². The van der Waals surface area contributed by atoms with Crippen molar-refractivity contribution in [1.82, 2.24) is 5.32 Å². The van der Waals surface area contributed by atoms with E-state index in [0.717, 1.165) is 12.3 Å². The van der Waals surface area contributed by atoms with Gasteiger partial charge in [0.2, 0.25) is 0 Å². The molecule has 0 spiro atoms. The number of hydrogen-bond donors (Lipinski definition) is 2. The van der Waals surface area contributed by atoms with E-state index < -0.39 is 0 Å². The Morgan fingerprint density at radius 3 is 2.50 bits per heavy atom. The molecule has 2 aromatic rings. The predicted molar refractivity (Wildman–Crippen MR) is 103 cm³/mol. The third-order valence-electron chi connectivity index (χ3n) is 5.19. The van der Waals surface area contributed by atoms with Crippen molar-refractivity contribution in [2.45, 2.75) is 39.8 Å².